The molecule has 0 saturated heterocycles. The zero-order valence-corrected chi connectivity index (χ0v) is 48.9. The Hall–Kier alpha value is -8.23. The van der Waals surface area contributed by atoms with Gasteiger partial charge >= 0.3 is 0 Å². The second kappa shape index (κ2) is 17.4. The van der Waals surface area contributed by atoms with Crippen molar-refractivity contribution in [3.05, 3.63) is 132 Å². The zero-order valence-electron chi connectivity index (χ0n) is 48.9. The first kappa shape index (κ1) is 52.5. The number of H-pyrrole nitrogens is 1. The van der Waals surface area contributed by atoms with Crippen LogP contribution in [0, 0.1) is 57.3 Å². The first-order valence-corrected chi connectivity index (χ1v) is 27.3. The summed E-state index contributed by atoms with van der Waals surface area (Å²) in [6, 6.07) is 21.8. The molecule has 80 heavy (non-hydrogen) atoms. The van der Waals surface area contributed by atoms with E-state index in [1.807, 2.05) is 13.8 Å². The number of nitrogens with zero attached hydrogens (tertiary/aromatic N) is 5. The third-order valence-corrected chi connectivity index (χ3v) is 19.1. The molecule has 2 unspecified atom stereocenters. The molecule has 7 aromatic rings. The average Bonchev–Trinajstić information content (AvgIpc) is 4.39. The third kappa shape index (κ3) is 7.15. The molecule has 6 aromatic carbocycles. The van der Waals surface area contributed by atoms with Crippen LogP contribution in [0.1, 0.15) is 165 Å². The van der Waals surface area contributed by atoms with Gasteiger partial charge in [0.2, 0.25) is 5.82 Å². The van der Waals surface area contributed by atoms with E-state index < -0.39 is 0 Å². The maximum absolute atomic E-state index is 9.97. The van der Waals surface area contributed by atoms with E-state index in [4.69, 9.17) is 37.9 Å². The molecule has 0 bridgehead atoms. The lowest BCUT2D eigenvalue weighted by molar-refractivity contribution is 0.347. The van der Waals surface area contributed by atoms with Crippen LogP contribution in [0.2, 0.25) is 0 Å². The molecule has 13 rings (SSSR count). The Morgan fingerprint density at radius 3 is 1.10 bits per heavy atom. The molecule has 1 N–H and O–H groups in total. The molecule has 14 heteroatoms. The number of rotatable bonds is 5. The molecule has 0 fully saturated rings. The fraction of sp³-hybridized carbons (Fsp3) is 0.409. The molecule has 2 spiro atoms. The molecule has 2 aliphatic heterocycles. The molecule has 0 amide bonds. The van der Waals surface area contributed by atoms with Crippen molar-refractivity contribution in [1.29, 1.82) is 10.5 Å². The number of nitrogens with one attached hydrogen (secondary N) is 1. The van der Waals surface area contributed by atoms with E-state index in [2.05, 4.69) is 157 Å². The first-order valence-electron chi connectivity index (χ1n) is 27.3. The topological polar surface area (TPSA) is 176 Å². The number of aromatic nitrogens is 4. The van der Waals surface area contributed by atoms with Crippen LogP contribution in [0.3, 0.4) is 0 Å². The fourth-order valence-electron chi connectivity index (χ4n) is 15.3. The molecule has 1 aromatic heterocycles. The number of fused-ring (bicyclic) bond motifs is 12. The molecule has 4 aliphatic carbocycles. The normalized spacial score (nSPS) is 20.5. The van der Waals surface area contributed by atoms with Gasteiger partial charge in [-0.2, -0.15) is 15.7 Å². The number of benzene rings is 6. The van der Waals surface area contributed by atoms with Gasteiger partial charge < -0.3 is 37.9 Å². The lowest BCUT2D eigenvalue weighted by Gasteiger charge is -2.31. The van der Waals surface area contributed by atoms with Gasteiger partial charge in [-0.1, -0.05) is 55.4 Å². The minimum atomic E-state index is -0.255. The Balaban J connectivity index is 0.000000159. The van der Waals surface area contributed by atoms with Crippen LogP contribution >= 0.6 is 0 Å². The van der Waals surface area contributed by atoms with Crippen LogP contribution in [0.5, 0.6) is 69.0 Å². The number of aromatic amines is 1. The van der Waals surface area contributed by atoms with Crippen molar-refractivity contribution >= 4 is 0 Å². The van der Waals surface area contributed by atoms with Crippen molar-refractivity contribution in [1.82, 2.24) is 20.6 Å². The highest BCUT2D eigenvalue weighted by Crippen LogP contribution is 2.68. The van der Waals surface area contributed by atoms with Gasteiger partial charge in [0, 0.05) is 10.8 Å². The fourth-order valence-corrected chi connectivity index (χ4v) is 15.3. The summed E-state index contributed by atoms with van der Waals surface area (Å²) >= 11 is 0. The van der Waals surface area contributed by atoms with E-state index >= 15 is 0 Å². The molecule has 3 heterocycles. The number of ether oxygens (including phenoxy) is 8. The van der Waals surface area contributed by atoms with Crippen LogP contribution in [-0.4, -0.2) is 49.1 Å². The van der Waals surface area contributed by atoms with Crippen molar-refractivity contribution in [3.8, 4) is 92.5 Å². The molecular formula is C66H68N6O8. The Kier molecular flexibility index (Phi) is 11.4. The molecular weight excluding hydrogens is 1000 g/mol. The van der Waals surface area contributed by atoms with Crippen LogP contribution in [0.25, 0.3) is 11.4 Å². The predicted octanol–water partition coefficient (Wildman–Crippen LogP) is 15.0. The summed E-state index contributed by atoms with van der Waals surface area (Å²) in [7, 11) is 6.75. The monoisotopic (exact) mass is 1070 g/mol. The standard InChI is InChI=1S/C33H36N4O4.C33H32N2O4/c1-16-17(2)27(30-34-36-37-35-30)29-28(18(16)3)40-25-11-20-22(13-26(25)41-29)33(15-32(20,6)7)14-31(4,5)19-10-23(38-8)24(39-9)12-21(19)33;1-17-18(2)20(14-35)30-29(19(17)13-34)38-27-10-22-24(12-28(27)39-30)33(16-32(22,5)6)15-31(3,4)21-9-25(36-7)26(37-8)11-23(21)33/h10-13H,14-15H2,1-9H3,(H,34,35,36,37);9-12H,15-16H2,1-8H3. The summed E-state index contributed by atoms with van der Waals surface area (Å²) < 4.78 is 49.2. The summed E-state index contributed by atoms with van der Waals surface area (Å²) in [5, 5.41) is 34.8. The van der Waals surface area contributed by atoms with Crippen LogP contribution in [-0.2, 0) is 32.5 Å². The number of hydrogen-bond donors (Lipinski definition) is 1. The van der Waals surface area contributed by atoms with Gasteiger partial charge in [-0.15, -0.1) is 10.2 Å². The van der Waals surface area contributed by atoms with E-state index in [0.29, 0.717) is 57.2 Å². The number of hydrogen-bond acceptors (Lipinski definition) is 13. The number of methoxy groups -OCH3 is 4. The SMILES string of the molecule is COc1cc2c(cc1OC)C1(CC2(C)C)CC(C)(C)c2cc3c(cc21)Oc1c(C#N)c(C)c(C)c(C#N)c1O3.COc1cc2c(cc1OC)C1(CC2(C)C)CC(C)(C)c2cc3c(cc21)Oc1c(c(C)c(C)c(C)c1-c1nn[nH]n1)O3. The smallest absolute Gasteiger partial charge is 0.208 e. The van der Waals surface area contributed by atoms with E-state index in [0.717, 1.165) is 87.8 Å². The van der Waals surface area contributed by atoms with Crippen LogP contribution in [0.4, 0.5) is 0 Å². The highest BCUT2D eigenvalue weighted by molar-refractivity contribution is 5.79. The van der Waals surface area contributed by atoms with Gasteiger partial charge in [-0.25, -0.2) is 0 Å². The van der Waals surface area contributed by atoms with Gasteiger partial charge in [0.25, 0.3) is 0 Å². The zero-order chi connectivity index (χ0) is 57.1. The van der Waals surface area contributed by atoms with Gasteiger partial charge in [-0.05, 0) is 208 Å². The molecule has 2 atom stereocenters. The average molecular weight is 1070 g/mol. The van der Waals surface area contributed by atoms with Crippen molar-refractivity contribution in [2.75, 3.05) is 28.4 Å². The summed E-state index contributed by atoms with van der Waals surface area (Å²) in [6.07, 6.45) is 3.80. The Morgan fingerprint density at radius 1 is 0.425 bits per heavy atom. The van der Waals surface area contributed by atoms with E-state index in [-0.39, 0.29) is 32.5 Å². The molecule has 0 radical (unpaired) electrons. The maximum Gasteiger partial charge on any atom is 0.208 e. The Bertz CT molecular complexity index is 3950. The predicted molar refractivity (Wildman–Crippen MR) is 304 cm³/mol. The molecule has 410 valence electrons. The van der Waals surface area contributed by atoms with E-state index in [9.17, 15) is 10.5 Å². The van der Waals surface area contributed by atoms with Gasteiger partial charge in [0.1, 0.15) is 23.3 Å². The Labute approximate surface area is 468 Å². The second-order valence-electron chi connectivity index (χ2n) is 25.5. The highest BCUT2D eigenvalue weighted by Gasteiger charge is 2.59. The first-order chi connectivity index (χ1) is 37.8. The highest BCUT2D eigenvalue weighted by atomic mass is 16.6. The third-order valence-electron chi connectivity index (χ3n) is 19.1. The summed E-state index contributed by atoms with van der Waals surface area (Å²) in [5.41, 5.74) is 15.6. The largest absolute Gasteiger partial charge is 0.493 e. The molecule has 6 aliphatic rings. The van der Waals surface area contributed by atoms with E-state index in [1.54, 1.807) is 28.4 Å². The van der Waals surface area contributed by atoms with E-state index in [1.165, 1.54) is 44.5 Å². The second-order valence-corrected chi connectivity index (χ2v) is 25.5. The van der Waals surface area contributed by atoms with Crippen molar-refractivity contribution in [3.63, 3.8) is 0 Å². The van der Waals surface area contributed by atoms with Crippen molar-refractivity contribution in [2.45, 2.75) is 148 Å². The van der Waals surface area contributed by atoms with Crippen LogP contribution in [0.15, 0.2) is 48.5 Å². The summed E-state index contributed by atoms with van der Waals surface area (Å²) in [6.45, 7) is 28.4. The number of tetrazole rings is 1. The van der Waals surface area contributed by atoms with Crippen molar-refractivity contribution < 1.29 is 37.9 Å². The quantitative estimate of drug-likeness (QED) is 0.172. The molecule has 14 nitrogen and oxygen atoms in total. The molecule has 0 saturated carbocycles. The lowest BCUT2D eigenvalue weighted by atomic mass is 9.72. The van der Waals surface area contributed by atoms with Crippen molar-refractivity contribution in [2.24, 2.45) is 0 Å². The van der Waals surface area contributed by atoms with Gasteiger partial charge in [0.05, 0.1) is 34.0 Å². The number of nitriles is 2. The van der Waals surface area contributed by atoms with Gasteiger partial charge in [-0.3, -0.25) is 0 Å². The van der Waals surface area contributed by atoms with Gasteiger partial charge in [0.15, 0.2) is 69.0 Å². The maximum atomic E-state index is 9.97. The lowest BCUT2D eigenvalue weighted by Crippen LogP contribution is -2.27. The minimum Gasteiger partial charge on any atom is -0.493 e. The van der Waals surface area contributed by atoms with Crippen LogP contribution < -0.4 is 37.9 Å². The minimum absolute atomic E-state index is 0.0516. The summed E-state index contributed by atoms with van der Waals surface area (Å²) in [4.78, 5) is 0. The Morgan fingerprint density at radius 2 is 0.750 bits per heavy atom. The summed E-state index contributed by atoms with van der Waals surface area (Å²) in [5.74, 6) is 8.00.